The fourth-order valence-electron chi connectivity index (χ4n) is 1.47. The van der Waals surface area contributed by atoms with E-state index in [9.17, 15) is 9.59 Å². The van der Waals surface area contributed by atoms with E-state index in [0.29, 0.717) is 17.5 Å². The maximum Gasteiger partial charge on any atom is 0.416 e. The average Bonchev–Trinajstić information content (AvgIpc) is 2.93. The smallest absolute Gasteiger partial charge is 0.416 e. The summed E-state index contributed by atoms with van der Waals surface area (Å²) in [5.74, 6) is 0.469. The van der Waals surface area contributed by atoms with E-state index in [2.05, 4.69) is 10.2 Å². The molecule has 2 amide bonds. The van der Waals surface area contributed by atoms with Gasteiger partial charge in [-0.3, -0.25) is 4.79 Å². The predicted molar refractivity (Wildman–Crippen MR) is 62.7 cm³/mol. The van der Waals surface area contributed by atoms with Crippen LogP contribution in [0.5, 0.6) is 0 Å². The van der Waals surface area contributed by atoms with E-state index in [1.807, 2.05) is 0 Å². The lowest BCUT2D eigenvalue weighted by Gasteiger charge is -2.09. The fourth-order valence-corrected chi connectivity index (χ4v) is 2.28. The van der Waals surface area contributed by atoms with Gasteiger partial charge in [0.25, 0.3) is 0 Å². The highest BCUT2D eigenvalue weighted by Crippen LogP contribution is 2.17. The first-order valence-corrected chi connectivity index (χ1v) is 6.30. The summed E-state index contributed by atoms with van der Waals surface area (Å²) in [4.78, 5) is 24.0. The van der Waals surface area contributed by atoms with E-state index in [-0.39, 0.29) is 24.8 Å². The number of rotatable bonds is 4. The summed E-state index contributed by atoms with van der Waals surface area (Å²) in [5.41, 5.74) is 5.47. The summed E-state index contributed by atoms with van der Waals surface area (Å²) >= 11 is 1.22. The zero-order valence-corrected chi connectivity index (χ0v) is 10.6. The lowest BCUT2D eigenvalue weighted by atomic mass is 10.5. The molecule has 1 aromatic heterocycles. The Morgan fingerprint density at radius 3 is 2.89 bits per heavy atom. The highest BCUT2D eigenvalue weighted by molar-refractivity contribution is 7.99. The molecular formula is C9H13N5O3S. The first-order chi connectivity index (χ1) is 8.63. The molecule has 1 saturated heterocycles. The molecule has 0 bridgehead atoms. The van der Waals surface area contributed by atoms with Gasteiger partial charge >= 0.3 is 6.09 Å². The Morgan fingerprint density at radius 2 is 2.33 bits per heavy atom. The van der Waals surface area contributed by atoms with Crippen molar-refractivity contribution < 1.29 is 14.3 Å². The number of carbonyl (C=O) groups excluding carboxylic acids is 2. The molecule has 18 heavy (non-hydrogen) atoms. The van der Waals surface area contributed by atoms with Crippen molar-refractivity contribution in [2.24, 2.45) is 12.8 Å². The zero-order valence-electron chi connectivity index (χ0n) is 9.83. The Morgan fingerprint density at radius 1 is 1.56 bits per heavy atom. The number of ether oxygens (including phenoxy) is 1. The molecular weight excluding hydrogens is 258 g/mol. The Balaban J connectivity index is 1.93. The van der Waals surface area contributed by atoms with Crippen molar-refractivity contribution in [1.29, 1.82) is 0 Å². The van der Waals surface area contributed by atoms with Crippen LogP contribution in [0, 0.1) is 0 Å². The summed E-state index contributed by atoms with van der Waals surface area (Å²) < 4.78 is 6.41. The Kier molecular flexibility index (Phi) is 3.82. The van der Waals surface area contributed by atoms with Crippen molar-refractivity contribution in [1.82, 2.24) is 19.7 Å². The predicted octanol–water partition coefficient (Wildman–Crippen LogP) is -0.655. The maximum atomic E-state index is 11.7. The van der Waals surface area contributed by atoms with Gasteiger partial charge in [0.2, 0.25) is 5.91 Å². The standard InChI is InChI=1S/C9H13N5O3S/c1-13-6(4-10)11-12-8(13)18-5-7(15)14-2-3-17-9(14)16/h2-5,10H2,1H3. The third-order valence-electron chi connectivity index (χ3n) is 2.49. The molecule has 98 valence electrons. The second-order valence-corrected chi connectivity index (χ2v) is 4.55. The van der Waals surface area contributed by atoms with Crippen LogP contribution in [0.15, 0.2) is 5.16 Å². The third kappa shape index (κ3) is 2.46. The van der Waals surface area contributed by atoms with Crippen molar-refractivity contribution in [3.05, 3.63) is 5.82 Å². The minimum atomic E-state index is -0.582. The monoisotopic (exact) mass is 271 g/mol. The summed E-state index contributed by atoms with van der Waals surface area (Å²) in [6.07, 6.45) is -0.582. The van der Waals surface area contributed by atoms with E-state index < -0.39 is 6.09 Å². The number of carbonyl (C=O) groups is 2. The molecule has 8 nitrogen and oxygen atoms in total. The lowest BCUT2D eigenvalue weighted by Crippen LogP contribution is -2.33. The number of aromatic nitrogens is 3. The highest BCUT2D eigenvalue weighted by atomic mass is 32.2. The Hall–Kier alpha value is -1.61. The van der Waals surface area contributed by atoms with Crippen molar-refractivity contribution >= 4 is 23.8 Å². The molecule has 0 radical (unpaired) electrons. The molecule has 9 heteroatoms. The molecule has 0 unspecified atom stereocenters. The lowest BCUT2D eigenvalue weighted by molar-refractivity contribution is -0.125. The molecule has 1 fully saturated rings. The second kappa shape index (κ2) is 5.36. The molecule has 0 saturated carbocycles. The minimum Gasteiger partial charge on any atom is -0.447 e. The molecule has 0 atom stereocenters. The van der Waals surface area contributed by atoms with Gasteiger partial charge < -0.3 is 15.0 Å². The SMILES string of the molecule is Cn1c(CN)nnc1SCC(=O)N1CCOC1=O. The van der Waals surface area contributed by atoms with Crippen LogP contribution in [0.25, 0.3) is 0 Å². The first kappa shape index (κ1) is 12.8. The van der Waals surface area contributed by atoms with Crippen molar-refractivity contribution in [2.75, 3.05) is 18.9 Å². The van der Waals surface area contributed by atoms with Crippen LogP contribution in [-0.2, 0) is 23.1 Å². The number of hydrogen-bond acceptors (Lipinski definition) is 7. The van der Waals surface area contributed by atoms with Crippen LogP contribution in [0.4, 0.5) is 4.79 Å². The van der Waals surface area contributed by atoms with Gasteiger partial charge in [0.05, 0.1) is 18.8 Å². The molecule has 1 aliphatic heterocycles. The van der Waals surface area contributed by atoms with Crippen LogP contribution in [0.3, 0.4) is 0 Å². The largest absolute Gasteiger partial charge is 0.447 e. The number of amides is 2. The van der Waals surface area contributed by atoms with Crippen LogP contribution >= 0.6 is 11.8 Å². The molecule has 1 aromatic rings. The molecule has 2 N–H and O–H groups in total. The fraction of sp³-hybridized carbons (Fsp3) is 0.556. The van der Waals surface area contributed by atoms with Crippen LogP contribution in [0.1, 0.15) is 5.82 Å². The average molecular weight is 271 g/mol. The van der Waals surface area contributed by atoms with Gasteiger partial charge in [0, 0.05) is 7.05 Å². The van der Waals surface area contributed by atoms with Gasteiger partial charge in [-0.15, -0.1) is 10.2 Å². The van der Waals surface area contributed by atoms with Gasteiger partial charge in [-0.2, -0.15) is 0 Å². The molecule has 2 heterocycles. The van der Waals surface area contributed by atoms with E-state index in [0.717, 1.165) is 4.90 Å². The number of imide groups is 1. The number of nitrogens with zero attached hydrogens (tertiary/aromatic N) is 4. The normalized spacial score (nSPS) is 15.0. The quantitative estimate of drug-likeness (QED) is 0.725. The number of cyclic esters (lactones) is 1. The van der Waals surface area contributed by atoms with E-state index in [1.165, 1.54) is 11.8 Å². The molecule has 2 rings (SSSR count). The number of hydrogen-bond donors (Lipinski definition) is 1. The summed E-state index contributed by atoms with van der Waals surface area (Å²) in [6.45, 7) is 0.859. The van der Waals surface area contributed by atoms with Crippen LogP contribution in [0.2, 0.25) is 0 Å². The van der Waals surface area contributed by atoms with E-state index >= 15 is 0 Å². The summed E-state index contributed by atoms with van der Waals surface area (Å²) in [5, 5.41) is 8.38. The zero-order chi connectivity index (χ0) is 13.1. The van der Waals surface area contributed by atoms with Gasteiger partial charge in [-0.05, 0) is 0 Å². The molecule has 1 aliphatic rings. The Labute approximate surface area is 107 Å². The number of nitrogens with two attached hydrogens (primary N) is 1. The van der Waals surface area contributed by atoms with Gasteiger partial charge in [0.15, 0.2) is 5.16 Å². The van der Waals surface area contributed by atoms with Gasteiger partial charge in [-0.1, -0.05) is 11.8 Å². The highest BCUT2D eigenvalue weighted by Gasteiger charge is 2.28. The maximum absolute atomic E-state index is 11.7. The van der Waals surface area contributed by atoms with Crippen LogP contribution < -0.4 is 5.73 Å². The summed E-state index contributed by atoms with van der Waals surface area (Å²) in [7, 11) is 1.78. The minimum absolute atomic E-state index is 0.117. The number of thioether (sulfide) groups is 1. The van der Waals surface area contributed by atoms with Gasteiger partial charge in [-0.25, -0.2) is 9.69 Å². The van der Waals surface area contributed by atoms with E-state index in [4.69, 9.17) is 10.5 Å². The van der Waals surface area contributed by atoms with Crippen LogP contribution in [-0.4, -0.2) is 50.6 Å². The van der Waals surface area contributed by atoms with Crippen molar-refractivity contribution in [2.45, 2.75) is 11.7 Å². The van der Waals surface area contributed by atoms with E-state index in [1.54, 1.807) is 11.6 Å². The van der Waals surface area contributed by atoms with Crippen molar-refractivity contribution in [3.8, 4) is 0 Å². The molecule has 0 aromatic carbocycles. The van der Waals surface area contributed by atoms with Gasteiger partial charge in [0.1, 0.15) is 12.4 Å². The Bertz CT molecular complexity index is 475. The topological polar surface area (TPSA) is 103 Å². The second-order valence-electron chi connectivity index (χ2n) is 3.61. The third-order valence-corrected chi connectivity index (χ3v) is 3.50. The summed E-state index contributed by atoms with van der Waals surface area (Å²) in [6, 6.07) is 0. The first-order valence-electron chi connectivity index (χ1n) is 5.31. The molecule has 0 spiro atoms. The van der Waals surface area contributed by atoms with Crippen molar-refractivity contribution in [3.63, 3.8) is 0 Å². The molecule has 0 aliphatic carbocycles.